The SMILES string of the molecule is CCCC(N)C(=O)N1CCCC1c1nc2ccccc2n1CC.Cl.Cl. The van der Waals surface area contributed by atoms with Gasteiger partial charge in [-0.1, -0.05) is 25.5 Å². The van der Waals surface area contributed by atoms with Crippen molar-refractivity contribution < 1.29 is 4.79 Å². The van der Waals surface area contributed by atoms with Gasteiger partial charge in [0.1, 0.15) is 5.82 Å². The minimum Gasteiger partial charge on any atom is -0.331 e. The highest BCUT2D eigenvalue weighted by atomic mass is 35.5. The molecule has 2 atom stereocenters. The lowest BCUT2D eigenvalue weighted by atomic mass is 10.1. The summed E-state index contributed by atoms with van der Waals surface area (Å²) in [4.78, 5) is 19.5. The van der Waals surface area contributed by atoms with Crippen LogP contribution in [0.3, 0.4) is 0 Å². The van der Waals surface area contributed by atoms with Crippen molar-refractivity contribution in [1.82, 2.24) is 14.5 Å². The number of imidazole rings is 1. The van der Waals surface area contributed by atoms with Gasteiger partial charge in [-0.25, -0.2) is 4.98 Å². The number of fused-ring (bicyclic) bond motifs is 1. The van der Waals surface area contributed by atoms with Crippen LogP contribution in [0.15, 0.2) is 24.3 Å². The summed E-state index contributed by atoms with van der Waals surface area (Å²) in [5.74, 6) is 1.08. The van der Waals surface area contributed by atoms with Crippen LogP contribution in [0.4, 0.5) is 0 Å². The predicted octanol–water partition coefficient (Wildman–Crippen LogP) is 3.69. The van der Waals surface area contributed by atoms with Crippen molar-refractivity contribution in [2.24, 2.45) is 5.73 Å². The van der Waals surface area contributed by atoms with Gasteiger partial charge in [0.25, 0.3) is 0 Å². The number of amides is 1. The first kappa shape index (κ1) is 21.7. The molecule has 1 aliphatic heterocycles. The molecule has 0 radical (unpaired) electrons. The van der Waals surface area contributed by atoms with Gasteiger partial charge in [-0.2, -0.15) is 0 Å². The lowest BCUT2D eigenvalue weighted by molar-refractivity contribution is -0.133. The van der Waals surface area contributed by atoms with E-state index in [1.807, 2.05) is 23.1 Å². The molecule has 5 nitrogen and oxygen atoms in total. The summed E-state index contributed by atoms with van der Waals surface area (Å²) in [6, 6.07) is 7.84. The molecule has 2 N–H and O–H groups in total. The minimum atomic E-state index is -0.389. The maximum Gasteiger partial charge on any atom is 0.240 e. The van der Waals surface area contributed by atoms with Gasteiger partial charge in [-0.05, 0) is 38.3 Å². The van der Waals surface area contributed by atoms with E-state index in [9.17, 15) is 4.79 Å². The molecule has 1 amide bonds. The van der Waals surface area contributed by atoms with Crippen molar-refractivity contribution in [3.8, 4) is 0 Å². The van der Waals surface area contributed by atoms with Crippen LogP contribution in [0.1, 0.15) is 51.4 Å². The first-order chi connectivity index (χ1) is 11.2. The predicted molar refractivity (Wildman–Crippen MR) is 106 cm³/mol. The number of carbonyl (C=O) groups excluding carboxylic acids is 1. The lowest BCUT2D eigenvalue weighted by Gasteiger charge is -2.27. The van der Waals surface area contributed by atoms with Crippen LogP contribution in [0.25, 0.3) is 11.0 Å². The van der Waals surface area contributed by atoms with E-state index in [2.05, 4.69) is 24.5 Å². The molecular weight excluding hydrogens is 359 g/mol. The zero-order valence-corrected chi connectivity index (χ0v) is 16.5. The lowest BCUT2D eigenvalue weighted by Crippen LogP contribution is -2.43. The molecule has 1 aliphatic rings. The van der Waals surface area contributed by atoms with Crippen LogP contribution in [-0.4, -0.2) is 32.9 Å². The number of benzene rings is 1. The van der Waals surface area contributed by atoms with E-state index in [1.54, 1.807) is 0 Å². The molecule has 0 aliphatic carbocycles. The van der Waals surface area contributed by atoms with E-state index in [1.165, 1.54) is 0 Å². The van der Waals surface area contributed by atoms with Crippen LogP contribution in [0.2, 0.25) is 0 Å². The van der Waals surface area contributed by atoms with E-state index in [4.69, 9.17) is 10.7 Å². The second-order valence-corrected chi connectivity index (χ2v) is 6.29. The summed E-state index contributed by atoms with van der Waals surface area (Å²) in [6.45, 7) is 5.83. The molecule has 1 fully saturated rings. The monoisotopic (exact) mass is 386 g/mol. The Bertz CT molecular complexity index is 703. The Morgan fingerprint density at radius 1 is 1.32 bits per heavy atom. The molecule has 1 aromatic heterocycles. The van der Waals surface area contributed by atoms with Crippen molar-refractivity contribution in [1.29, 1.82) is 0 Å². The molecule has 2 unspecified atom stereocenters. The van der Waals surface area contributed by atoms with Crippen LogP contribution in [0.5, 0.6) is 0 Å². The molecular formula is C18H28Cl2N4O. The van der Waals surface area contributed by atoms with E-state index in [-0.39, 0.29) is 42.8 Å². The Morgan fingerprint density at radius 3 is 2.72 bits per heavy atom. The van der Waals surface area contributed by atoms with Gasteiger partial charge in [-0.15, -0.1) is 24.8 Å². The van der Waals surface area contributed by atoms with Crippen molar-refractivity contribution in [2.45, 2.75) is 58.2 Å². The number of rotatable bonds is 5. The summed E-state index contributed by atoms with van der Waals surface area (Å²) < 4.78 is 2.23. The van der Waals surface area contributed by atoms with Gasteiger partial charge in [0.05, 0.1) is 23.1 Å². The summed E-state index contributed by atoms with van der Waals surface area (Å²) in [5, 5.41) is 0. The standard InChI is InChI=1S/C18H26N4O.2ClH/c1-3-8-13(19)18(23)22-12-7-11-16(22)17-20-14-9-5-6-10-15(14)21(17)4-2;;/h5-6,9-10,13,16H,3-4,7-8,11-12,19H2,1-2H3;2*1H. The third-order valence-corrected chi connectivity index (χ3v) is 4.75. The van der Waals surface area contributed by atoms with Gasteiger partial charge >= 0.3 is 0 Å². The quantitative estimate of drug-likeness (QED) is 0.851. The summed E-state index contributed by atoms with van der Waals surface area (Å²) >= 11 is 0. The third-order valence-electron chi connectivity index (χ3n) is 4.75. The molecule has 3 rings (SSSR count). The highest BCUT2D eigenvalue weighted by molar-refractivity contribution is 5.85. The molecule has 0 spiro atoms. The van der Waals surface area contributed by atoms with Crippen molar-refractivity contribution in [2.75, 3.05) is 6.54 Å². The number of carbonyl (C=O) groups is 1. The molecule has 2 aromatic rings. The second kappa shape index (κ2) is 9.41. The minimum absolute atomic E-state index is 0. The number of para-hydroxylation sites is 2. The third kappa shape index (κ3) is 4.10. The molecule has 2 heterocycles. The van der Waals surface area contributed by atoms with Gasteiger partial charge in [0, 0.05) is 13.1 Å². The molecule has 7 heteroatoms. The molecule has 1 aromatic carbocycles. The number of hydrogen-bond acceptors (Lipinski definition) is 3. The molecule has 0 bridgehead atoms. The summed E-state index contributed by atoms with van der Waals surface area (Å²) in [6.07, 6.45) is 3.65. The number of halogens is 2. The van der Waals surface area contributed by atoms with E-state index in [0.29, 0.717) is 0 Å². The summed E-state index contributed by atoms with van der Waals surface area (Å²) in [5.41, 5.74) is 8.22. The molecule has 140 valence electrons. The number of nitrogens with two attached hydrogens (primary N) is 1. The zero-order valence-electron chi connectivity index (χ0n) is 14.9. The average Bonchev–Trinajstić information content (AvgIpc) is 3.17. The topological polar surface area (TPSA) is 64.2 Å². The van der Waals surface area contributed by atoms with Gasteiger partial charge in [0.15, 0.2) is 0 Å². The fourth-order valence-electron chi connectivity index (χ4n) is 3.63. The van der Waals surface area contributed by atoms with Gasteiger partial charge < -0.3 is 15.2 Å². The Hall–Kier alpha value is -1.30. The fourth-order valence-corrected chi connectivity index (χ4v) is 3.63. The van der Waals surface area contributed by atoms with Crippen molar-refractivity contribution in [3.63, 3.8) is 0 Å². The van der Waals surface area contributed by atoms with Gasteiger partial charge in [-0.3, -0.25) is 4.79 Å². The van der Waals surface area contributed by atoms with Crippen molar-refractivity contribution in [3.05, 3.63) is 30.1 Å². The largest absolute Gasteiger partial charge is 0.331 e. The molecule has 0 saturated carbocycles. The van der Waals surface area contributed by atoms with Crippen LogP contribution in [-0.2, 0) is 11.3 Å². The number of aryl methyl sites for hydroxylation is 1. The number of nitrogens with zero attached hydrogens (tertiary/aromatic N) is 3. The highest BCUT2D eigenvalue weighted by Crippen LogP contribution is 2.33. The van der Waals surface area contributed by atoms with Crippen LogP contribution < -0.4 is 5.73 Å². The Balaban J connectivity index is 0.00000156. The Kier molecular flexibility index (Phi) is 8.19. The highest BCUT2D eigenvalue weighted by Gasteiger charge is 2.35. The first-order valence-corrected chi connectivity index (χ1v) is 8.68. The number of likely N-dealkylation sites (tertiary alicyclic amines) is 1. The molecule has 25 heavy (non-hydrogen) atoms. The fraction of sp³-hybridized carbons (Fsp3) is 0.556. The van der Waals surface area contributed by atoms with Crippen molar-refractivity contribution >= 4 is 41.8 Å². The van der Waals surface area contributed by atoms with E-state index < -0.39 is 0 Å². The van der Waals surface area contributed by atoms with Crippen LogP contribution in [0, 0.1) is 0 Å². The Morgan fingerprint density at radius 2 is 2.04 bits per heavy atom. The normalized spacial score (nSPS) is 17.9. The Labute approximate surface area is 161 Å². The smallest absolute Gasteiger partial charge is 0.240 e. The van der Waals surface area contributed by atoms with Gasteiger partial charge in [0.2, 0.25) is 5.91 Å². The average molecular weight is 387 g/mol. The number of aromatic nitrogens is 2. The summed E-state index contributed by atoms with van der Waals surface area (Å²) in [7, 11) is 0. The van der Waals surface area contributed by atoms with E-state index >= 15 is 0 Å². The zero-order chi connectivity index (χ0) is 16.4. The van der Waals surface area contributed by atoms with Crippen LogP contribution >= 0.6 is 24.8 Å². The van der Waals surface area contributed by atoms with E-state index in [0.717, 1.165) is 55.6 Å². The maximum absolute atomic E-state index is 12.7. The number of hydrogen-bond donors (Lipinski definition) is 1. The first-order valence-electron chi connectivity index (χ1n) is 8.68. The second-order valence-electron chi connectivity index (χ2n) is 6.29. The maximum atomic E-state index is 12.7. The molecule has 1 saturated heterocycles.